The van der Waals surface area contributed by atoms with Crippen LogP contribution in [0.1, 0.15) is 25.4 Å². The Morgan fingerprint density at radius 1 is 1.18 bits per heavy atom. The Labute approximate surface area is 103 Å². The van der Waals surface area contributed by atoms with Gasteiger partial charge in [0.05, 0.1) is 6.54 Å². The first-order valence-corrected chi connectivity index (χ1v) is 6.34. The Balaban J connectivity index is 1.81. The molecular formula is C13H22N2O2. The first-order valence-electron chi connectivity index (χ1n) is 6.34. The summed E-state index contributed by atoms with van der Waals surface area (Å²) in [4.78, 5) is 4.90. The summed E-state index contributed by atoms with van der Waals surface area (Å²) in [6.45, 7) is 9.77. The standard InChI is InChI=1S/C13H22N2O2/c1-11(2)15-7-5-14(6-8-15)9-12-3-4-13(10-16)17-12/h3-4,11,16H,5-10H2,1-2H3. The maximum atomic E-state index is 8.94. The van der Waals surface area contributed by atoms with E-state index in [-0.39, 0.29) is 6.61 Å². The molecule has 0 spiro atoms. The van der Waals surface area contributed by atoms with Gasteiger partial charge in [-0.15, -0.1) is 0 Å². The zero-order valence-corrected chi connectivity index (χ0v) is 10.7. The molecule has 0 amide bonds. The van der Waals surface area contributed by atoms with Crippen molar-refractivity contribution in [1.82, 2.24) is 9.80 Å². The molecule has 1 aromatic heterocycles. The molecule has 1 saturated heterocycles. The normalized spacial score (nSPS) is 19.1. The summed E-state index contributed by atoms with van der Waals surface area (Å²) in [5.74, 6) is 1.60. The van der Waals surface area contributed by atoms with Crippen molar-refractivity contribution in [2.75, 3.05) is 26.2 Å². The third-order valence-electron chi connectivity index (χ3n) is 3.39. The highest BCUT2D eigenvalue weighted by molar-refractivity contribution is 5.06. The molecule has 1 fully saturated rings. The van der Waals surface area contributed by atoms with Crippen molar-refractivity contribution in [3.63, 3.8) is 0 Å². The van der Waals surface area contributed by atoms with E-state index >= 15 is 0 Å². The van der Waals surface area contributed by atoms with E-state index in [2.05, 4.69) is 23.6 Å². The number of piperazine rings is 1. The largest absolute Gasteiger partial charge is 0.462 e. The van der Waals surface area contributed by atoms with Crippen LogP contribution in [0.5, 0.6) is 0 Å². The van der Waals surface area contributed by atoms with Crippen molar-refractivity contribution >= 4 is 0 Å². The van der Waals surface area contributed by atoms with Gasteiger partial charge < -0.3 is 9.52 Å². The van der Waals surface area contributed by atoms with Crippen LogP contribution >= 0.6 is 0 Å². The van der Waals surface area contributed by atoms with Crippen LogP contribution in [0.25, 0.3) is 0 Å². The summed E-state index contributed by atoms with van der Waals surface area (Å²) in [5.41, 5.74) is 0. The molecule has 1 aliphatic heterocycles. The second-order valence-corrected chi connectivity index (χ2v) is 4.93. The van der Waals surface area contributed by atoms with E-state index in [0.717, 1.165) is 38.5 Å². The van der Waals surface area contributed by atoms with E-state index in [1.807, 2.05) is 12.1 Å². The van der Waals surface area contributed by atoms with E-state index in [1.54, 1.807) is 0 Å². The number of rotatable bonds is 4. The van der Waals surface area contributed by atoms with Crippen molar-refractivity contribution in [3.8, 4) is 0 Å². The number of hydrogen-bond acceptors (Lipinski definition) is 4. The van der Waals surface area contributed by atoms with Crippen LogP contribution in [-0.4, -0.2) is 47.1 Å². The molecular weight excluding hydrogens is 216 g/mol. The number of hydrogen-bond donors (Lipinski definition) is 1. The maximum absolute atomic E-state index is 8.94. The molecule has 1 aromatic rings. The van der Waals surface area contributed by atoms with Crippen molar-refractivity contribution in [3.05, 3.63) is 23.7 Å². The summed E-state index contributed by atoms with van der Waals surface area (Å²) in [6.07, 6.45) is 0. The average molecular weight is 238 g/mol. The summed E-state index contributed by atoms with van der Waals surface area (Å²) in [6, 6.07) is 4.45. The fourth-order valence-corrected chi connectivity index (χ4v) is 2.25. The van der Waals surface area contributed by atoms with Gasteiger partial charge in [-0.3, -0.25) is 9.80 Å². The molecule has 4 heteroatoms. The van der Waals surface area contributed by atoms with E-state index < -0.39 is 0 Å². The highest BCUT2D eigenvalue weighted by atomic mass is 16.4. The lowest BCUT2D eigenvalue weighted by molar-refractivity contribution is 0.0981. The van der Waals surface area contributed by atoms with Crippen LogP contribution in [0.2, 0.25) is 0 Å². The van der Waals surface area contributed by atoms with E-state index in [0.29, 0.717) is 11.8 Å². The van der Waals surface area contributed by atoms with Crippen molar-refractivity contribution in [2.24, 2.45) is 0 Å². The Bertz CT molecular complexity index is 341. The highest BCUT2D eigenvalue weighted by Gasteiger charge is 2.19. The van der Waals surface area contributed by atoms with Crippen LogP contribution in [0.15, 0.2) is 16.5 Å². The van der Waals surface area contributed by atoms with Gasteiger partial charge in [0.25, 0.3) is 0 Å². The second kappa shape index (κ2) is 5.67. The summed E-state index contributed by atoms with van der Waals surface area (Å²) in [5, 5.41) is 8.94. The topological polar surface area (TPSA) is 39.9 Å². The van der Waals surface area contributed by atoms with Crippen molar-refractivity contribution < 1.29 is 9.52 Å². The Kier molecular flexibility index (Phi) is 4.20. The fraction of sp³-hybridized carbons (Fsp3) is 0.692. The number of furan rings is 1. The third kappa shape index (κ3) is 3.31. The fourth-order valence-electron chi connectivity index (χ4n) is 2.25. The molecule has 17 heavy (non-hydrogen) atoms. The molecule has 0 saturated carbocycles. The van der Waals surface area contributed by atoms with Gasteiger partial charge in [0, 0.05) is 32.2 Å². The third-order valence-corrected chi connectivity index (χ3v) is 3.39. The van der Waals surface area contributed by atoms with Gasteiger partial charge in [-0.2, -0.15) is 0 Å². The predicted octanol–water partition coefficient (Wildman–Crippen LogP) is 1.30. The van der Waals surface area contributed by atoms with Crippen molar-refractivity contribution in [1.29, 1.82) is 0 Å². The number of aliphatic hydroxyl groups is 1. The molecule has 0 aliphatic carbocycles. The average Bonchev–Trinajstić information content (AvgIpc) is 2.77. The Morgan fingerprint density at radius 2 is 1.82 bits per heavy atom. The molecule has 1 N–H and O–H groups in total. The minimum atomic E-state index is -0.0128. The predicted molar refractivity (Wildman–Crippen MR) is 66.6 cm³/mol. The van der Waals surface area contributed by atoms with E-state index in [4.69, 9.17) is 9.52 Å². The molecule has 2 rings (SSSR count). The Hall–Kier alpha value is -0.840. The first-order chi connectivity index (χ1) is 8.19. The maximum Gasteiger partial charge on any atom is 0.129 e. The molecule has 0 bridgehead atoms. The van der Waals surface area contributed by atoms with Gasteiger partial charge in [-0.1, -0.05) is 0 Å². The van der Waals surface area contributed by atoms with Gasteiger partial charge in [0.15, 0.2) is 0 Å². The van der Waals surface area contributed by atoms with Crippen molar-refractivity contribution in [2.45, 2.75) is 33.0 Å². The van der Waals surface area contributed by atoms with Crippen LogP contribution in [-0.2, 0) is 13.2 Å². The number of aliphatic hydroxyl groups excluding tert-OH is 1. The summed E-state index contributed by atoms with van der Waals surface area (Å²) < 4.78 is 5.50. The molecule has 4 nitrogen and oxygen atoms in total. The van der Waals surface area contributed by atoms with Crippen LogP contribution in [0.3, 0.4) is 0 Å². The lowest BCUT2D eigenvalue weighted by Gasteiger charge is -2.36. The van der Waals surface area contributed by atoms with Gasteiger partial charge in [-0.25, -0.2) is 0 Å². The minimum Gasteiger partial charge on any atom is -0.462 e. The smallest absolute Gasteiger partial charge is 0.129 e. The highest BCUT2D eigenvalue weighted by Crippen LogP contribution is 2.13. The molecule has 0 radical (unpaired) electrons. The van der Waals surface area contributed by atoms with E-state index in [1.165, 1.54) is 0 Å². The molecule has 0 unspecified atom stereocenters. The van der Waals surface area contributed by atoms with E-state index in [9.17, 15) is 0 Å². The lowest BCUT2D eigenvalue weighted by atomic mass is 10.2. The van der Waals surface area contributed by atoms with Gasteiger partial charge in [-0.05, 0) is 26.0 Å². The molecule has 1 aliphatic rings. The summed E-state index contributed by atoms with van der Waals surface area (Å²) >= 11 is 0. The molecule has 96 valence electrons. The number of nitrogens with zero attached hydrogens (tertiary/aromatic N) is 2. The van der Waals surface area contributed by atoms with Gasteiger partial charge in [0.1, 0.15) is 18.1 Å². The summed E-state index contributed by atoms with van der Waals surface area (Å²) in [7, 11) is 0. The Morgan fingerprint density at radius 3 is 2.35 bits per heavy atom. The molecule has 0 aromatic carbocycles. The quantitative estimate of drug-likeness (QED) is 0.858. The molecule has 2 heterocycles. The lowest BCUT2D eigenvalue weighted by Crippen LogP contribution is -2.48. The van der Waals surface area contributed by atoms with Crippen LogP contribution in [0, 0.1) is 0 Å². The van der Waals surface area contributed by atoms with Gasteiger partial charge >= 0.3 is 0 Å². The van der Waals surface area contributed by atoms with Crippen LogP contribution in [0.4, 0.5) is 0 Å². The molecule has 0 atom stereocenters. The monoisotopic (exact) mass is 238 g/mol. The first kappa shape index (κ1) is 12.6. The second-order valence-electron chi connectivity index (χ2n) is 4.93. The van der Waals surface area contributed by atoms with Crippen LogP contribution < -0.4 is 0 Å². The zero-order valence-electron chi connectivity index (χ0n) is 10.7. The SMILES string of the molecule is CC(C)N1CCN(Cc2ccc(CO)o2)CC1. The minimum absolute atomic E-state index is 0.0128. The zero-order chi connectivity index (χ0) is 12.3. The van der Waals surface area contributed by atoms with Gasteiger partial charge in [0.2, 0.25) is 0 Å².